The summed E-state index contributed by atoms with van der Waals surface area (Å²) in [6.07, 6.45) is 7.05. The molecule has 2 heterocycles. The molecule has 110 valence electrons. The third-order valence-corrected chi connectivity index (χ3v) is 4.45. The molecule has 6 heteroatoms. The normalized spacial score (nSPS) is 27.5. The Labute approximate surface area is 118 Å². The molecule has 1 aromatic heterocycles. The lowest BCUT2D eigenvalue weighted by molar-refractivity contribution is -0.141. The molecule has 2 atom stereocenters. The maximum Gasteiger partial charge on any atom is 0.306 e. The summed E-state index contributed by atoms with van der Waals surface area (Å²) in [4.78, 5) is 17.7. The van der Waals surface area contributed by atoms with Gasteiger partial charge in [0.15, 0.2) is 0 Å². The van der Waals surface area contributed by atoms with E-state index >= 15 is 0 Å². The maximum atomic E-state index is 11.0. The van der Waals surface area contributed by atoms with Crippen LogP contribution in [0.4, 0.5) is 5.95 Å². The van der Waals surface area contributed by atoms with Gasteiger partial charge in [0, 0.05) is 19.0 Å². The summed E-state index contributed by atoms with van der Waals surface area (Å²) in [5.41, 5.74) is 0. The quantitative estimate of drug-likeness (QED) is 0.915. The Bertz CT molecular complexity index is 466. The number of aromatic nitrogens is 2. The molecule has 2 aliphatic rings. The fraction of sp³-hybridized carbons (Fsp3) is 0.786. The van der Waals surface area contributed by atoms with Gasteiger partial charge in [0.2, 0.25) is 5.89 Å². The van der Waals surface area contributed by atoms with Crippen LogP contribution in [0.2, 0.25) is 0 Å². The predicted molar refractivity (Wildman–Crippen MR) is 72.7 cm³/mol. The second kappa shape index (κ2) is 5.81. The minimum absolute atomic E-state index is 0.115. The summed E-state index contributed by atoms with van der Waals surface area (Å²) in [5.74, 6) is 0.450. The molecule has 1 saturated heterocycles. The maximum absolute atomic E-state index is 11.0. The van der Waals surface area contributed by atoms with Gasteiger partial charge in [0.25, 0.3) is 5.95 Å². The summed E-state index contributed by atoms with van der Waals surface area (Å²) in [6.45, 7) is 1.97. The lowest BCUT2D eigenvalue weighted by Gasteiger charge is -2.16. The highest BCUT2D eigenvalue weighted by Crippen LogP contribution is 2.38. The van der Waals surface area contributed by atoms with Crippen molar-refractivity contribution in [1.82, 2.24) is 10.1 Å². The minimum atomic E-state index is -0.709. The van der Waals surface area contributed by atoms with Crippen molar-refractivity contribution in [2.45, 2.75) is 50.9 Å². The zero-order valence-electron chi connectivity index (χ0n) is 11.6. The monoisotopic (exact) mass is 279 g/mol. The highest BCUT2D eigenvalue weighted by molar-refractivity contribution is 5.70. The van der Waals surface area contributed by atoms with Gasteiger partial charge >= 0.3 is 5.97 Å². The van der Waals surface area contributed by atoms with Crippen molar-refractivity contribution in [2.75, 3.05) is 18.0 Å². The lowest BCUT2D eigenvalue weighted by Crippen LogP contribution is -2.25. The van der Waals surface area contributed by atoms with Gasteiger partial charge in [0.05, 0.1) is 5.92 Å². The second-order valence-electron chi connectivity index (χ2n) is 5.88. The van der Waals surface area contributed by atoms with E-state index in [1.54, 1.807) is 0 Å². The van der Waals surface area contributed by atoms with Crippen molar-refractivity contribution in [3.8, 4) is 0 Å². The van der Waals surface area contributed by atoms with Crippen LogP contribution < -0.4 is 4.90 Å². The molecule has 0 spiro atoms. The molecule has 20 heavy (non-hydrogen) atoms. The van der Waals surface area contributed by atoms with Crippen molar-refractivity contribution < 1.29 is 14.4 Å². The molecule has 2 fully saturated rings. The molecule has 1 N–H and O–H groups in total. The van der Waals surface area contributed by atoms with E-state index in [2.05, 4.69) is 15.0 Å². The van der Waals surface area contributed by atoms with Crippen LogP contribution in [-0.2, 0) is 4.79 Å². The number of rotatable bonds is 3. The number of hydrogen-bond donors (Lipinski definition) is 1. The largest absolute Gasteiger partial charge is 0.481 e. The molecule has 2 unspecified atom stereocenters. The molecule has 1 aliphatic heterocycles. The highest BCUT2D eigenvalue weighted by atomic mass is 16.5. The molecule has 1 aromatic rings. The number of carbonyl (C=O) groups is 1. The molecule has 6 nitrogen and oxygen atoms in total. The van der Waals surface area contributed by atoms with Gasteiger partial charge < -0.3 is 14.5 Å². The van der Waals surface area contributed by atoms with Crippen LogP contribution in [0.25, 0.3) is 0 Å². The molecule has 0 bridgehead atoms. The zero-order valence-corrected chi connectivity index (χ0v) is 11.6. The molecule has 0 aromatic carbocycles. The smallest absolute Gasteiger partial charge is 0.306 e. The molecule has 1 aliphatic carbocycles. The lowest BCUT2D eigenvalue weighted by atomic mass is 10.1. The van der Waals surface area contributed by atoms with Gasteiger partial charge in [-0.3, -0.25) is 4.79 Å². The number of carboxylic acids is 1. The van der Waals surface area contributed by atoms with Crippen LogP contribution in [0.15, 0.2) is 4.52 Å². The van der Waals surface area contributed by atoms with Gasteiger partial charge in [-0.1, -0.05) is 12.8 Å². The number of anilines is 1. The third-order valence-electron chi connectivity index (χ3n) is 4.45. The van der Waals surface area contributed by atoms with E-state index in [4.69, 9.17) is 9.63 Å². The second-order valence-corrected chi connectivity index (χ2v) is 5.88. The molecule has 1 saturated carbocycles. The number of carboxylic acid groups (broad SMARTS) is 1. The number of hydrogen-bond acceptors (Lipinski definition) is 5. The van der Waals surface area contributed by atoms with Crippen molar-refractivity contribution >= 4 is 11.9 Å². The van der Waals surface area contributed by atoms with E-state index in [1.807, 2.05) is 0 Å². The summed E-state index contributed by atoms with van der Waals surface area (Å²) in [7, 11) is 0. The first-order valence-corrected chi connectivity index (χ1v) is 7.55. The third kappa shape index (κ3) is 2.78. The standard InChI is InChI=1S/C14H21N3O3/c18-13(19)11-6-5-10(9-11)12-15-14(16-20-12)17-7-3-1-2-4-8-17/h10-11H,1-9H2,(H,18,19). The van der Waals surface area contributed by atoms with Crippen LogP contribution in [-0.4, -0.2) is 34.3 Å². The van der Waals surface area contributed by atoms with E-state index in [0.717, 1.165) is 19.5 Å². The fourth-order valence-corrected chi connectivity index (χ4v) is 3.22. The van der Waals surface area contributed by atoms with Gasteiger partial charge in [-0.15, -0.1) is 0 Å². The Morgan fingerprint density at radius 2 is 1.95 bits per heavy atom. The average molecular weight is 279 g/mol. The van der Waals surface area contributed by atoms with Gasteiger partial charge in [-0.2, -0.15) is 4.98 Å². The van der Waals surface area contributed by atoms with E-state index in [-0.39, 0.29) is 11.8 Å². The van der Waals surface area contributed by atoms with Crippen LogP contribution in [0.3, 0.4) is 0 Å². The van der Waals surface area contributed by atoms with Crippen molar-refractivity contribution in [1.29, 1.82) is 0 Å². The van der Waals surface area contributed by atoms with E-state index in [0.29, 0.717) is 24.7 Å². The Hall–Kier alpha value is -1.59. The van der Waals surface area contributed by atoms with E-state index in [9.17, 15) is 4.79 Å². The minimum Gasteiger partial charge on any atom is -0.481 e. The molecule has 0 amide bonds. The first-order chi connectivity index (χ1) is 9.74. The summed E-state index contributed by atoms with van der Waals surface area (Å²) in [5, 5.41) is 13.1. The SMILES string of the molecule is O=C(O)C1CCC(c2nc(N3CCCCCC3)no2)C1. The number of nitrogens with zero attached hydrogens (tertiary/aromatic N) is 3. The van der Waals surface area contributed by atoms with Crippen LogP contribution in [0, 0.1) is 5.92 Å². The Balaban J connectivity index is 1.66. The Morgan fingerprint density at radius 3 is 2.60 bits per heavy atom. The molecular formula is C14H21N3O3. The topological polar surface area (TPSA) is 79.5 Å². The Kier molecular flexibility index (Phi) is 3.89. The molecule has 0 radical (unpaired) electrons. The van der Waals surface area contributed by atoms with Crippen molar-refractivity contribution in [3.63, 3.8) is 0 Å². The van der Waals surface area contributed by atoms with Crippen molar-refractivity contribution in [3.05, 3.63) is 5.89 Å². The molecule has 3 rings (SSSR count). The summed E-state index contributed by atoms with van der Waals surface area (Å²) in [6, 6.07) is 0. The van der Waals surface area contributed by atoms with Crippen LogP contribution >= 0.6 is 0 Å². The summed E-state index contributed by atoms with van der Waals surface area (Å²) >= 11 is 0. The van der Waals surface area contributed by atoms with Crippen LogP contribution in [0.1, 0.15) is 56.8 Å². The van der Waals surface area contributed by atoms with Gasteiger partial charge in [0.1, 0.15) is 0 Å². The van der Waals surface area contributed by atoms with Gasteiger partial charge in [-0.05, 0) is 37.3 Å². The Morgan fingerprint density at radius 1 is 1.20 bits per heavy atom. The van der Waals surface area contributed by atoms with Crippen molar-refractivity contribution in [2.24, 2.45) is 5.92 Å². The predicted octanol–water partition coefficient (Wildman–Crippen LogP) is 2.42. The van der Waals surface area contributed by atoms with Gasteiger partial charge in [-0.25, -0.2) is 0 Å². The molecular weight excluding hydrogens is 258 g/mol. The van der Waals surface area contributed by atoms with Crippen LogP contribution in [0.5, 0.6) is 0 Å². The van der Waals surface area contributed by atoms with E-state index in [1.165, 1.54) is 25.7 Å². The fourth-order valence-electron chi connectivity index (χ4n) is 3.22. The zero-order chi connectivity index (χ0) is 13.9. The number of aliphatic carboxylic acids is 1. The first-order valence-electron chi connectivity index (χ1n) is 7.55. The average Bonchev–Trinajstić information content (AvgIpc) is 3.02. The summed E-state index contributed by atoms with van der Waals surface area (Å²) < 4.78 is 5.37. The van der Waals surface area contributed by atoms with E-state index < -0.39 is 5.97 Å². The first kappa shape index (κ1) is 13.4. The highest BCUT2D eigenvalue weighted by Gasteiger charge is 2.34.